The van der Waals surface area contributed by atoms with Crippen LogP contribution in [0, 0.1) is 0 Å². The highest BCUT2D eigenvalue weighted by Gasteiger charge is 2.27. The molecule has 0 aliphatic carbocycles. The molecular weight excluding hydrogens is 378 g/mol. The SMILES string of the molecule is COCCn1c(C(=O)N2CCN(C(C)=O)CC2)cc2oc(Br)cc21. The van der Waals surface area contributed by atoms with E-state index < -0.39 is 0 Å². The second-order valence-electron chi connectivity index (χ2n) is 5.77. The van der Waals surface area contributed by atoms with Gasteiger partial charge in [0.2, 0.25) is 5.91 Å². The van der Waals surface area contributed by atoms with Gasteiger partial charge in [0.05, 0.1) is 12.1 Å². The number of fused-ring (bicyclic) bond motifs is 1. The highest BCUT2D eigenvalue weighted by Crippen LogP contribution is 2.28. The van der Waals surface area contributed by atoms with Gasteiger partial charge in [-0.2, -0.15) is 0 Å². The first-order chi connectivity index (χ1) is 11.5. The van der Waals surface area contributed by atoms with Crippen molar-refractivity contribution in [1.82, 2.24) is 14.4 Å². The monoisotopic (exact) mass is 397 g/mol. The number of piperazine rings is 1. The number of ether oxygens (including phenoxy) is 1. The fraction of sp³-hybridized carbons (Fsp3) is 0.500. The van der Waals surface area contributed by atoms with Crippen LogP contribution in [0.15, 0.2) is 21.2 Å². The van der Waals surface area contributed by atoms with Crippen LogP contribution in [0.1, 0.15) is 17.4 Å². The van der Waals surface area contributed by atoms with Crippen molar-refractivity contribution in [2.45, 2.75) is 13.5 Å². The van der Waals surface area contributed by atoms with Crippen LogP contribution in [-0.2, 0) is 16.1 Å². The minimum Gasteiger partial charge on any atom is -0.448 e. The third-order valence-electron chi connectivity index (χ3n) is 4.31. The standard InChI is InChI=1S/C16H20BrN3O4/c1-11(21)18-3-5-19(6-4-18)16(22)13-9-14-12(10-15(17)24-14)20(13)7-8-23-2/h9-10H,3-8H2,1-2H3. The molecule has 0 bridgehead atoms. The average Bonchev–Trinajstić information content (AvgIpc) is 3.08. The number of nitrogens with zero attached hydrogens (tertiary/aromatic N) is 3. The number of amides is 2. The van der Waals surface area contributed by atoms with E-state index in [1.54, 1.807) is 29.9 Å². The molecule has 0 unspecified atom stereocenters. The lowest BCUT2D eigenvalue weighted by molar-refractivity contribution is -0.130. The van der Waals surface area contributed by atoms with Crippen LogP contribution in [0.3, 0.4) is 0 Å². The maximum absolute atomic E-state index is 12.9. The Morgan fingerprint density at radius 3 is 2.50 bits per heavy atom. The molecule has 0 saturated carbocycles. The summed E-state index contributed by atoms with van der Waals surface area (Å²) in [5, 5.41) is 0. The van der Waals surface area contributed by atoms with Gasteiger partial charge in [-0.25, -0.2) is 0 Å². The number of methoxy groups -OCH3 is 1. The molecule has 1 fully saturated rings. The van der Waals surface area contributed by atoms with Gasteiger partial charge >= 0.3 is 0 Å². The summed E-state index contributed by atoms with van der Waals surface area (Å²) in [6, 6.07) is 3.63. The van der Waals surface area contributed by atoms with E-state index >= 15 is 0 Å². The lowest BCUT2D eigenvalue weighted by atomic mass is 10.2. The van der Waals surface area contributed by atoms with E-state index in [0.717, 1.165) is 5.52 Å². The Bertz CT molecular complexity index is 759. The fourth-order valence-corrected chi connectivity index (χ4v) is 3.39. The van der Waals surface area contributed by atoms with Crippen molar-refractivity contribution in [2.24, 2.45) is 0 Å². The molecule has 2 aromatic heterocycles. The quantitative estimate of drug-likeness (QED) is 0.790. The number of hydrogen-bond donors (Lipinski definition) is 0. The molecule has 0 aromatic carbocycles. The maximum atomic E-state index is 12.9. The highest BCUT2D eigenvalue weighted by molar-refractivity contribution is 9.10. The van der Waals surface area contributed by atoms with Gasteiger partial charge in [0.25, 0.3) is 5.91 Å². The van der Waals surface area contributed by atoms with Crippen molar-refractivity contribution in [3.8, 4) is 0 Å². The van der Waals surface area contributed by atoms with E-state index in [1.807, 2.05) is 10.6 Å². The summed E-state index contributed by atoms with van der Waals surface area (Å²) in [7, 11) is 1.63. The van der Waals surface area contributed by atoms with E-state index in [-0.39, 0.29) is 11.8 Å². The van der Waals surface area contributed by atoms with Crippen LogP contribution in [0.25, 0.3) is 11.1 Å². The van der Waals surface area contributed by atoms with Crippen LogP contribution in [0.5, 0.6) is 0 Å². The summed E-state index contributed by atoms with van der Waals surface area (Å²) >= 11 is 3.32. The number of hydrogen-bond acceptors (Lipinski definition) is 4. The van der Waals surface area contributed by atoms with Crippen LogP contribution in [0.2, 0.25) is 0 Å². The first-order valence-electron chi connectivity index (χ1n) is 7.83. The minimum absolute atomic E-state index is 0.0446. The van der Waals surface area contributed by atoms with Crippen molar-refractivity contribution < 1.29 is 18.7 Å². The van der Waals surface area contributed by atoms with Crippen molar-refractivity contribution in [3.63, 3.8) is 0 Å². The highest BCUT2D eigenvalue weighted by atomic mass is 79.9. The number of rotatable bonds is 4. The maximum Gasteiger partial charge on any atom is 0.270 e. The van der Waals surface area contributed by atoms with Crippen LogP contribution >= 0.6 is 15.9 Å². The molecule has 3 heterocycles. The van der Waals surface area contributed by atoms with Crippen molar-refractivity contribution in [1.29, 1.82) is 0 Å². The lowest BCUT2D eigenvalue weighted by Crippen LogP contribution is -2.50. The third-order valence-corrected chi connectivity index (χ3v) is 4.70. The van der Waals surface area contributed by atoms with Gasteiger partial charge in [0, 0.05) is 58.9 Å². The van der Waals surface area contributed by atoms with E-state index in [0.29, 0.717) is 55.3 Å². The summed E-state index contributed by atoms with van der Waals surface area (Å²) in [6.07, 6.45) is 0. The van der Waals surface area contributed by atoms with Gasteiger partial charge < -0.3 is 23.5 Å². The molecule has 1 aliphatic rings. The number of carbonyl (C=O) groups is 2. The summed E-state index contributed by atoms with van der Waals surface area (Å²) in [5.41, 5.74) is 2.12. The molecule has 7 nitrogen and oxygen atoms in total. The van der Waals surface area contributed by atoms with E-state index in [1.165, 1.54) is 0 Å². The average molecular weight is 398 g/mol. The second-order valence-corrected chi connectivity index (χ2v) is 6.55. The zero-order valence-electron chi connectivity index (χ0n) is 13.7. The summed E-state index contributed by atoms with van der Waals surface area (Å²) in [4.78, 5) is 27.9. The molecule has 24 heavy (non-hydrogen) atoms. The minimum atomic E-state index is -0.0446. The first-order valence-corrected chi connectivity index (χ1v) is 8.63. The number of halogens is 1. The number of carbonyl (C=O) groups excluding carboxylic acids is 2. The summed E-state index contributed by atoms with van der Waals surface area (Å²) in [5.74, 6) is 0.00441. The Hall–Kier alpha value is -1.80. The second kappa shape index (κ2) is 6.98. The Kier molecular flexibility index (Phi) is 4.96. The van der Waals surface area contributed by atoms with Crippen molar-refractivity contribution in [2.75, 3.05) is 39.9 Å². The molecular formula is C16H20BrN3O4. The molecule has 0 atom stereocenters. The van der Waals surface area contributed by atoms with Gasteiger partial charge in [-0.05, 0) is 15.9 Å². The van der Waals surface area contributed by atoms with Crippen molar-refractivity contribution in [3.05, 3.63) is 22.5 Å². The summed E-state index contributed by atoms with van der Waals surface area (Å²) < 4.78 is 13.3. The molecule has 1 aliphatic heterocycles. The molecule has 0 N–H and O–H groups in total. The largest absolute Gasteiger partial charge is 0.448 e. The number of furan rings is 1. The van der Waals surface area contributed by atoms with Crippen LogP contribution in [-0.4, -0.2) is 66.1 Å². The van der Waals surface area contributed by atoms with Gasteiger partial charge in [0.1, 0.15) is 5.69 Å². The molecule has 2 aromatic rings. The molecule has 130 valence electrons. The molecule has 0 radical (unpaired) electrons. The topological polar surface area (TPSA) is 67.9 Å². The predicted molar refractivity (Wildman–Crippen MR) is 91.9 cm³/mol. The Morgan fingerprint density at radius 1 is 1.21 bits per heavy atom. The molecule has 0 spiro atoms. The van der Waals surface area contributed by atoms with Gasteiger partial charge in [-0.1, -0.05) is 0 Å². The number of aromatic nitrogens is 1. The van der Waals surface area contributed by atoms with E-state index in [9.17, 15) is 9.59 Å². The first kappa shape index (κ1) is 17.0. The molecule has 3 rings (SSSR count). The zero-order chi connectivity index (χ0) is 17.3. The van der Waals surface area contributed by atoms with Crippen LogP contribution < -0.4 is 0 Å². The van der Waals surface area contributed by atoms with Gasteiger partial charge in [-0.15, -0.1) is 0 Å². The van der Waals surface area contributed by atoms with Gasteiger partial charge in [0.15, 0.2) is 10.3 Å². The predicted octanol–water partition coefficient (Wildman–Crippen LogP) is 1.95. The molecule has 1 saturated heterocycles. The Morgan fingerprint density at radius 2 is 1.88 bits per heavy atom. The smallest absolute Gasteiger partial charge is 0.270 e. The van der Waals surface area contributed by atoms with Crippen molar-refractivity contribution >= 4 is 38.8 Å². The fourth-order valence-electron chi connectivity index (χ4n) is 3.00. The van der Waals surface area contributed by atoms with E-state index in [4.69, 9.17) is 9.15 Å². The normalized spacial score (nSPS) is 15.3. The van der Waals surface area contributed by atoms with Crippen LogP contribution in [0.4, 0.5) is 0 Å². The Labute approximate surface area is 148 Å². The van der Waals surface area contributed by atoms with Gasteiger partial charge in [-0.3, -0.25) is 9.59 Å². The zero-order valence-corrected chi connectivity index (χ0v) is 15.3. The molecule has 8 heteroatoms. The third kappa shape index (κ3) is 3.21. The Balaban J connectivity index is 1.84. The molecule has 2 amide bonds. The summed E-state index contributed by atoms with van der Waals surface area (Å²) in [6.45, 7) is 4.85. The lowest BCUT2D eigenvalue weighted by Gasteiger charge is -2.34. The van der Waals surface area contributed by atoms with E-state index in [2.05, 4.69) is 15.9 Å².